The maximum atomic E-state index is 5.27. The first-order valence-corrected chi connectivity index (χ1v) is 15.3. The first kappa shape index (κ1) is 25.5. The van der Waals surface area contributed by atoms with E-state index >= 15 is 0 Å². The van der Waals surface area contributed by atoms with Crippen molar-refractivity contribution >= 4 is 38.7 Å². The summed E-state index contributed by atoms with van der Waals surface area (Å²) in [5, 5.41) is 4.82. The largest absolute Gasteiger partial charge is 0.294 e. The Kier molecular flexibility index (Phi) is 5.88. The van der Waals surface area contributed by atoms with E-state index in [2.05, 4.69) is 118 Å². The maximum absolute atomic E-state index is 5.27. The zero-order valence-corrected chi connectivity index (χ0v) is 24.4. The van der Waals surface area contributed by atoms with Crippen LogP contribution in [-0.2, 0) is 6.42 Å². The Morgan fingerprint density at radius 3 is 2.36 bits per heavy atom. The number of fused-ring (bicyclic) bond motifs is 6. The van der Waals surface area contributed by atoms with Crippen molar-refractivity contribution in [2.75, 3.05) is 0 Å². The highest BCUT2D eigenvalue weighted by atomic mass is 15.1. The molecule has 212 valence electrons. The molecule has 3 aromatic carbocycles. The molecule has 5 heterocycles. The fourth-order valence-electron chi connectivity index (χ4n) is 6.77. The highest BCUT2D eigenvalue weighted by Crippen LogP contribution is 2.38. The van der Waals surface area contributed by atoms with Gasteiger partial charge < -0.3 is 0 Å². The topological polar surface area (TPSA) is 56.5 Å². The summed E-state index contributed by atoms with van der Waals surface area (Å²) in [6.45, 7) is 0. The van der Waals surface area contributed by atoms with E-state index < -0.39 is 0 Å². The van der Waals surface area contributed by atoms with Crippen molar-refractivity contribution in [1.29, 1.82) is 0 Å². The molecule has 9 rings (SSSR count). The molecule has 0 atom stereocenters. The molecule has 0 spiro atoms. The van der Waals surface area contributed by atoms with Crippen LogP contribution in [-0.4, -0.2) is 24.5 Å². The van der Waals surface area contributed by atoms with Crippen molar-refractivity contribution in [3.63, 3.8) is 0 Å². The number of hydrogen-bond donors (Lipinski definition) is 0. The molecule has 1 aliphatic rings. The maximum Gasteiger partial charge on any atom is 0.138 e. The van der Waals surface area contributed by atoms with Gasteiger partial charge in [-0.1, -0.05) is 66.7 Å². The molecule has 0 fully saturated rings. The van der Waals surface area contributed by atoms with Gasteiger partial charge in [0.2, 0.25) is 0 Å². The number of pyridine rings is 4. The third-order valence-corrected chi connectivity index (χ3v) is 8.81. The lowest BCUT2D eigenvalue weighted by Crippen LogP contribution is -2.01. The summed E-state index contributed by atoms with van der Waals surface area (Å²) < 4.78 is 2.22. The average molecular weight is 578 g/mol. The van der Waals surface area contributed by atoms with Crippen molar-refractivity contribution < 1.29 is 0 Å². The SMILES string of the molecule is C1=Cc2c(-c3cc(-c4cccc(-n5c6ccccc6c6cnccc65)n4)cc(-c4ccccn4)n3)cc3ccccc3c2CC1. The summed E-state index contributed by atoms with van der Waals surface area (Å²) in [7, 11) is 0. The van der Waals surface area contributed by atoms with Crippen LogP contribution in [0.25, 0.3) is 78.4 Å². The number of allylic oxidation sites excluding steroid dienone is 1. The Morgan fingerprint density at radius 2 is 1.42 bits per heavy atom. The standard InChI is InChI=1S/C40H27N5/c1-2-11-28-26(10-1)22-32(30-13-4-3-12-29(28)30)36-23-27(24-37(43-36)35-15-7-8-20-42-35)34-16-9-18-40(44-34)45-38-17-6-5-14-31(38)33-25-41-21-19-39(33)45/h1-2,4-11,13-25H,3,12H2. The predicted octanol–water partition coefficient (Wildman–Crippen LogP) is 9.48. The Hall–Kier alpha value is -5.94. The molecule has 0 N–H and O–H groups in total. The fourth-order valence-corrected chi connectivity index (χ4v) is 6.77. The first-order chi connectivity index (χ1) is 22.3. The Bertz CT molecular complexity index is 2390. The molecule has 0 saturated carbocycles. The monoisotopic (exact) mass is 577 g/mol. The van der Waals surface area contributed by atoms with Crippen molar-refractivity contribution in [1.82, 2.24) is 24.5 Å². The molecule has 0 aliphatic heterocycles. The van der Waals surface area contributed by atoms with E-state index in [-0.39, 0.29) is 0 Å². The molecule has 5 aromatic heterocycles. The van der Waals surface area contributed by atoms with Crippen molar-refractivity contribution in [2.24, 2.45) is 0 Å². The number of nitrogens with zero attached hydrogens (tertiary/aromatic N) is 5. The van der Waals surface area contributed by atoms with Gasteiger partial charge in [0.1, 0.15) is 5.82 Å². The number of aryl methyl sites for hydroxylation is 1. The summed E-state index contributed by atoms with van der Waals surface area (Å²) in [6.07, 6.45) is 12.2. The van der Waals surface area contributed by atoms with Gasteiger partial charge in [0, 0.05) is 40.5 Å². The van der Waals surface area contributed by atoms with E-state index in [9.17, 15) is 0 Å². The van der Waals surface area contributed by atoms with Gasteiger partial charge in [-0.3, -0.25) is 14.5 Å². The summed E-state index contributed by atoms with van der Waals surface area (Å²) in [6, 6.07) is 37.9. The van der Waals surface area contributed by atoms with Gasteiger partial charge in [0.25, 0.3) is 0 Å². The van der Waals surface area contributed by atoms with E-state index in [0.29, 0.717) is 0 Å². The highest BCUT2D eigenvalue weighted by Gasteiger charge is 2.19. The molecule has 0 radical (unpaired) electrons. The summed E-state index contributed by atoms with van der Waals surface area (Å²) in [5.41, 5.74) is 10.4. The Morgan fingerprint density at radius 1 is 0.600 bits per heavy atom. The van der Waals surface area contributed by atoms with Crippen LogP contribution in [0, 0.1) is 0 Å². The highest BCUT2D eigenvalue weighted by molar-refractivity contribution is 6.08. The molecule has 45 heavy (non-hydrogen) atoms. The third kappa shape index (κ3) is 4.24. The predicted molar refractivity (Wildman–Crippen MR) is 183 cm³/mol. The summed E-state index contributed by atoms with van der Waals surface area (Å²) in [5.74, 6) is 0.855. The van der Waals surface area contributed by atoms with Gasteiger partial charge in [0.05, 0.1) is 33.8 Å². The number of benzene rings is 3. The van der Waals surface area contributed by atoms with E-state index in [1.807, 2.05) is 36.8 Å². The second-order valence-corrected chi connectivity index (χ2v) is 11.4. The zero-order chi connectivity index (χ0) is 29.7. The van der Waals surface area contributed by atoms with E-state index in [1.54, 1.807) is 0 Å². The van der Waals surface area contributed by atoms with Crippen molar-refractivity contribution in [2.45, 2.75) is 12.8 Å². The lowest BCUT2D eigenvalue weighted by atomic mass is 9.86. The molecule has 8 aromatic rings. The lowest BCUT2D eigenvalue weighted by Gasteiger charge is -2.19. The van der Waals surface area contributed by atoms with Gasteiger partial charge >= 0.3 is 0 Å². The molecule has 5 nitrogen and oxygen atoms in total. The van der Waals surface area contributed by atoms with Crippen LogP contribution < -0.4 is 0 Å². The minimum atomic E-state index is 0.819. The Labute approximate surface area is 260 Å². The molecule has 1 aliphatic carbocycles. The molecular formula is C40H27N5. The average Bonchev–Trinajstić information content (AvgIpc) is 3.46. The van der Waals surface area contributed by atoms with Gasteiger partial charge in [-0.05, 0) is 89.3 Å². The van der Waals surface area contributed by atoms with E-state index in [4.69, 9.17) is 9.97 Å². The quantitative estimate of drug-likeness (QED) is 0.209. The minimum Gasteiger partial charge on any atom is -0.294 e. The van der Waals surface area contributed by atoms with Crippen LogP contribution >= 0.6 is 0 Å². The zero-order valence-electron chi connectivity index (χ0n) is 24.4. The number of para-hydroxylation sites is 1. The second kappa shape index (κ2) is 10.4. The number of aromatic nitrogens is 5. The van der Waals surface area contributed by atoms with Crippen LogP contribution in [0.5, 0.6) is 0 Å². The summed E-state index contributed by atoms with van der Waals surface area (Å²) >= 11 is 0. The molecule has 5 heteroatoms. The lowest BCUT2D eigenvalue weighted by molar-refractivity contribution is 0.997. The van der Waals surface area contributed by atoms with Crippen LogP contribution in [0.4, 0.5) is 0 Å². The smallest absolute Gasteiger partial charge is 0.138 e. The third-order valence-electron chi connectivity index (χ3n) is 8.81. The first-order valence-electron chi connectivity index (χ1n) is 15.3. The molecule has 0 amide bonds. The van der Waals surface area contributed by atoms with Crippen LogP contribution in [0.2, 0.25) is 0 Å². The molecular weight excluding hydrogens is 550 g/mol. The van der Waals surface area contributed by atoms with Crippen molar-refractivity contribution in [3.8, 4) is 39.7 Å². The normalized spacial score (nSPS) is 12.6. The van der Waals surface area contributed by atoms with E-state index in [0.717, 1.165) is 74.4 Å². The van der Waals surface area contributed by atoms with Crippen molar-refractivity contribution in [3.05, 3.63) is 145 Å². The van der Waals surface area contributed by atoms with Gasteiger partial charge in [-0.15, -0.1) is 0 Å². The Balaban J connectivity index is 1.28. The molecule has 0 bridgehead atoms. The molecule has 0 unspecified atom stereocenters. The molecule has 0 saturated heterocycles. The van der Waals surface area contributed by atoms with Gasteiger partial charge in [0.15, 0.2) is 0 Å². The minimum absolute atomic E-state index is 0.819. The van der Waals surface area contributed by atoms with Gasteiger partial charge in [-0.25, -0.2) is 9.97 Å². The fraction of sp³-hybridized carbons (Fsp3) is 0.0500. The number of rotatable bonds is 4. The summed E-state index contributed by atoms with van der Waals surface area (Å²) in [4.78, 5) is 19.6. The van der Waals surface area contributed by atoms with Crippen LogP contribution in [0.1, 0.15) is 17.5 Å². The van der Waals surface area contributed by atoms with Crippen LogP contribution in [0.15, 0.2) is 134 Å². The van der Waals surface area contributed by atoms with Crippen LogP contribution in [0.3, 0.4) is 0 Å². The second-order valence-electron chi connectivity index (χ2n) is 11.4. The number of hydrogen-bond acceptors (Lipinski definition) is 4. The van der Waals surface area contributed by atoms with E-state index in [1.165, 1.54) is 21.9 Å². The van der Waals surface area contributed by atoms with Gasteiger partial charge in [-0.2, -0.15) is 0 Å².